The average Bonchev–Trinajstić information content (AvgIpc) is 2.82. The van der Waals surface area contributed by atoms with Gasteiger partial charge in [0.25, 0.3) is 0 Å². The minimum atomic E-state index is -0.216. The molecule has 1 N–H and O–H groups in total. The second-order valence-corrected chi connectivity index (χ2v) is 8.98. The fourth-order valence-corrected chi connectivity index (χ4v) is 5.43. The number of rotatable bonds is 3. The van der Waals surface area contributed by atoms with E-state index in [4.69, 9.17) is 0 Å². The van der Waals surface area contributed by atoms with E-state index in [1.54, 1.807) is 11.3 Å². The van der Waals surface area contributed by atoms with Gasteiger partial charge in [0.05, 0.1) is 0 Å². The van der Waals surface area contributed by atoms with Crippen molar-refractivity contribution < 1.29 is 4.79 Å². The number of hydrogen-bond donors (Lipinski definition) is 1. The van der Waals surface area contributed by atoms with Crippen LogP contribution in [0, 0.1) is 0 Å². The number of thioether (sulfide) groups is 1. The van der Waals surface area contributed by atoms with Crippen molar-refractivity contribution in [3.63, 3.8) is 0 Å². The summed E-state index contributed by atoms with van der Waals surface area (Å²) in [5.74, 6) is 1.57. The zero-order chi connectivity index (χ0) is 13.8. The van der Waals surface area contributed by atoms with Gasteiger partial charge >= 0.3 is 0 Å². The predicted octanol–water partition coefficient (Wildman–Crippen LogP) is 3.00. The summed E-state index contributed by atoms with van der Waals surface area (Å²) in [7, 11) is 0. The normalized spacial score (nSPS) is 35.1. The molecule has 1 aromatic rings. The molecular formula is C15H20N2OS2. The second kappa shape index (κ2) is 4.49. The lowest BCUT2D eigenvalue weighted by Gasteiger charge is -2.32. The summed E-state index contributed by atoms with van der Waals surface area (Å²) in [6.07, 6.45) is 4.62. The molecule has 2 saturated heterocycles. The van der Waals surface area contributed by atoms with E-state index in [2.05, 4.69) is 34.0 Å². The van der Waals surface area contributed by atoms with Crippen molar-refractivity contribution in [2.45, 2.75) is 49.1 Å². The van der Waals surface area contributed by atoms with Crippen LogP contribution in [0.15, 0.2) is 16.8 Å². The van der Waals surface area contributed by atoms with Gasteiger partial charge in [-0.1, -0.05) is 0 Å². The standard InChI is InChI=1S/C15H20N2OS2/c1-14(4-2-7-20-14)10-17-12(11-3-8-19-9-11)16-15(5-6-15)13(17)18/h3,8-9,12,16H,2,4-7,10H2,1H3. The van der Waals surface area contributed by atoms with Gasteiger partial charge in [0, 0.05) is 11.3 Å². The molecule has 1 aliphatic carbocycles. The van der Waals surface area contributed by atoms with Gasteiger partial charge < -0.3 is 4.90 Å². The maximum Gasteiger partial charge on any atom is 0.244 e. The van der Waals surface area contributed by atoms with Crippen LogP contribution in [0.1, 0.15) is 44.3 Å². The Morgan fingerprint density at radius 2 is 2.30 bits per heavy atom. The maximum absolute atomic E-state index is 12.8. The third-order valence-electron chi connectivity index (χ3n) is 4.81. The molecule has 2 aliphatic heterocycles. The van der Waals surface area contributed by atoms with Crippen molar-refractivity contribution in [1.82, 2.24) is 10.2 Å². The number of amides is 1. The van der Waals surface area contributed by atoms with Crippen molar-refractivity contribution in [2.75, 3.05) is 12.3 Å². The fourth-order valence-electron chi connectivity index (χ4n) is 3.46. The van der Waals surface area contributed by atoms with Gasteiger partial charge in [-0.05, 0) is 60.7 Å². The fraction of sp³-hybridized carbons (Fsp3) is 0.667. The Hall–Kier alpha value is -0.520. The van der Waals surface area contributed by atoms with E-state index < -0.39 is 0 Å². The molecule has 108 valence electrons. The van der Waals surface area contributed by atoms with Crippen LogP contribution in [-0.4, -0.2) is 33.4 Å². The highest BCUT2D eigenvalue weighted by atomic mass is 32.2. The number of nitrogens with zero attached hydrogens (tertiary/aromatic N) is 1. The zero-order valence-corrected chi connectivity index (χ0v) is 13.4. The largest absolute Gasteiger partial charge is 0.320 e. The van der Waals surface area contributed by atoms with E-state index in [-0.39, 0.29) is 16.5 Å². The van der Waals surface area contributed by atoms with Crippen molar-refractivity contribution in [3.8, 4) is 0 Å². The molecule has 2 atom stereocenters. The zero-order valence-electron chi connectivity index (χ0n) is 11.7. The maximum atomic E-state index is 12.8. The highest BCUT2D eigenvalue weighted by Gasteiger charge is 2.60. The Kier molecular flexibility index (Phi) is 2.95. The number of nitrogens with one attached hydrogen (secondary N) is 1. The Morgan fingerprint density at radius 3 is 2.90 bits per heavy atom. The van der Waals surface area contributed by atoms with Gasteiger partial charge in [0.15, 0.2) is 0 Å². The molecule has 1 saturated carbocycles. The summed E-state index contributed by atoms with van der Waals surface area (Å²) in [5.41, 5.74) is 1.03. The molecular weight excluding hydrogens is 288 g/mol. The molecule has 1 aromatic heterocycles. The van der Waals surface area contributed by atoms with Crippen molar-refractivity contribution in [2.24, 2.45) is 0 Å². The second-order valence-electron chi connectivity index (χ2n) is 6.52. The lowest BCUT2D eigenvalue weighted by atomic mass is 10.0. The summed E-state index contributed by atoms with van der Waals surface area (Å²) >= 11 is 3.74. The van der Waals surface area contributed by atoms with E-state index >= 15 is 0 Å². The molecule has 3 fully saturated rings. The van der Waals surface area contributed by atoms with Gasteiger partial charge in [-0.2, -0.15) is 23.1 Å². The van der Waals surface area contributed by atoms with Crippen molar-refractivity contribution in [1.29, 1.82) is 0 Å². The number of hydrogen-bond acceptors (Lipinski definition) is 4. The first-order chi connectivity index (χ1) is 9.62. The number of thiophene rings is 1. The van der Waals surface area contributed by atoms with Crippen LogP contribution in [0.4, 0.5) is 0 Å². The minimum absolute atomic E-state index is 0.0919. The van der Waals surface area contributed by atoms with Gasteiger partial charge in [0.1, 0.15) is 11.7 Å². The van der Waals surface area contributed by atoms with Crippen LogP contribution < -0.4 is 5.32 Å². The molecule has 0 bridgehead atoms. The molecule has 0 aromatic carbocycles. The van der Waals surface area contributed by atoms with Gasteiger partial charge in [-0.25, -0.2) is 0 Å². The average molecular weight is 308 g/mol. The van der Waals surface area contributed by atoms with E-state index in [0.29, 0.717) is 5.91 Å². The van der Waals surface area contributed by atoms with E-state index in [0.717, 1.165) is 19.4 Å². The van der Waals surface area contributed by atoms with Crippen LogP contribution in [0.25, 0.3) is 0 Å². The molecule has 3 nitrogen and oxygen atoms in total. The molecule has 20 heavy (non-hydrogen) atoms. The molecule has 3 aliphatic rings. The van der Waals surface area contributed by atoms with Crippen molar-refractivity contribution in [3.05, 3.63) is 22.4 Å². The smallest absolute Gasteiger partial charge is 0.244 e. The molecule has 3 heterocycles. The first-order valence-electron chi connectivity index (χ1n) is 7.37. The topological polar surface area (TPSA) is 32.3 Å². The molecule has 5 heteroatoms. The summed E-state index contributed by atoms with van der Waals surface area (Å²) in [5, 5.41) is 7.88. The highest BCUT2D eigenvalue weighted by molar-refractivity contribution is 8.00. The molecule has 1 amide bonds. The van der Waals surface area contributed by atoms with E-state index in [1.165, 1.54) is 24.2 Å². The quantitative estimate of drug-likeness (QED) is 0.931. The van der Waals surface area contributed by atoms with Gasteiger partial charge in [-0.3, -0.25) is 10.1 Å². The van der Waals surface area contributed by atoms with Crippen LogP contribution in [0.2, 0.25) is 0 Å². The summed E-state index contributed by atoms with van der Waals surface area (Å²) in [6, 6.07) is 2.15. The van der Waals surface area contributed by atoms with Crippen LogP contribution in [-0.2, 0) is 4.79 Å². The van der Waals surface area contributed by atoms with Crippen LogP contribution in [0.3, 0.4) is 0 Å². The Morgan fingerprint density at radius 1 is 1.45 bits per heavy atom. The lowest BCUT2D eigenvalue weighted by Crippen LogP contribution is -2.41. The van der Waals surface area contributed by atoms with Gasteiger partial charge in [-0.15, -0.1) is 0 Å². The Labute approximate surface area is 128 Å². The minimum Gasteiger partial charge on any atom is -0.320 e. The highest BCUT2D eigenvalue weighted by Crippen LogP contribution is 2.48. The summed E-state index contributed by atoms with van der Waals surface area (Å²) in [4.78, 5) is 14.9. The summed E-state index contributed by atoms with van der Waals surface area (Å²) < 4.78 is 0.242. The Bertz CT molecular complexity index is 518. The predicted molar refractivity (Wildman–Crippen MR) is 84.0 cm³/mol. The third-order valence-corrected chi connectivity index (χ3v) is 7.03. The van der Waals surface area contributed by atoms with Crippen molar-refractivity contribution >= 4 is 29.0 Å². The number of carbonyl (C=O) groups is 1. The van der Waals surface area contributed by atoms with Crippen LogP contribution >= 0.6 is 23.1 Å². The molecule has 4 rings (SSSR count). The van der Waals surface area contributed by atoms with Crippen LogP contribution in [0.5, 0.6) is 0 Å². The van der Waals surface area contributed by atoms with E-state index in [1.807, 2.05) is 11.8 Å². The third kappa shape index (κ3) is 2.02. The monoisotopic (exact) mass is 308 g/mol. The SMILES string of the molecule is CC1(CN2C(=O)C3(CC3)NC2c2ccsc2)CCCS1. The molecule has 0 radical (unpaired) electrons. The first kappa shape index (κ1) is 13.2. The van der Waals surface area contributed by atoms with Gasteiger partial charge in [0.2, 0.25) is 5.91 Å². The lowest BCUT2D eigenvalue weighted by molar-refractivity contribution is -0.131. The Balaban J connectivity index is 1.62. The molecule has 1 spiro atoms. The first-order valence-corrected chi connectivity index (χ1v) is 9.30. The summed E-state index contributed by atoms with van der Waals surface area (Å²) in [6.45, 7) is 3.20. The number of carbonyl (C=O) groups excluding carboxylic acids is 1. The van der Waals surface area contributed by atoms with E-state index in [9.17, 15) is 4.79 Å². The molecule has 2 unspecified atom stereocenters.